The van der Waals surface area contributed by atoms with Gasteiger partial charge in [0.1, 0.15) is 0 Å². The van der Waals surface area contributed by atoms with Crippen LogP contribution in [0.3, 0.4) is 0 Å². The molecule has 2 aliphatic heterocycles. The van der Waals surface area contributed by atoms with E-state index in [1.165, 1.54) is 6.42 Å². The van der Waals surface area contributed by atoms with Crippen LogP contribution in [-0.2, 0) is 0 Å². The lowest BCUT2D eigenvalue weighted by molar-refractivity contribution is 0.0950. The fraction of sp³-hybridized carbons (Fsp3) is 0.462. The normalized spacial score (nSPS) is 19.9. The first-order valence-corrected chi connectivity index (χ1v) is 6.24. The van der Waals surface area contributed by atoms with Crippen molar-refractivity contribution >= 4 is 18.3 Å². The van der Waals surface area contributed by atoms with Gasteiger partial charge in [0, 0.05) is 18.2 Å². The molecule has 1 aromatic rings. The van der Waals surface area contributed by atoms with Crippen molar-refractivity contribution in [3.8, 4) is 11.5 Å². The summed E-state index contributed by atoms with van der Waals surface area (Å²) in [7, 11) is 0. The lowest BCUT2D eigenvalue weighted by Gasteiger charge is -2.11. The predicted octanol–water partition coefficient (Wildman–Crippen LogP) is 1.32. The number of benzene rings is 1. The highest BCUT2D eigenvalue weighted by molar-refractivity contribution is 5.94. The molecule has 2 aliphatic rings. The van der Waals surface area contributed by atoms with Crippen molar-refractivity contribution in [2.24, 2.45) is 0 Å². The summed E-state index contributed by atoms with van der Waals surface area (Å²) >= 11 is 0. The molecule has 0 bridgehead atoms. The number of amides is 1. The zero-order valence-electron chi connectivity index (χ0n) is 10.5. The number of hydrogen-bond donors (Lipinski definition) is 2. The minimum Gasteiger partial charge on any atom is -0.454 e. The van der Waals surface area contributed by atoms with Crippen LogP contribution in [0.5, 0.6) is 11.5 Å². The third-order valence-corrected chi connectivity index (χ3v) is 3.31. The number of carbonyl (C=O) groups excluding carboxylic acids is 1. The lowest BCUT2D eigenvalue weighted by atomic mass is 10.1. The van der Waals surface area contributed by atoms with E-state index < -0.39 is 0 Å². The molecule has 0 spiro atoms. The molecule has 0 aliphatic carbocycles. The molecule has 1 fully saturated rings. The molecular weight excluding hydrogens is 268 g/mol. The molecule has 6 heteroatoms. The molecule has 104 valence electrons. The Morgan fingerprint density at radius 2 is 2.21 bits per heavy atom. The summed E-state index contributed by atoms with van der Waals surface area (Å²) in [4.78, 5) is 12.0. The Kier molecular flexibility index (Phi) is 4.50. The van der Waals surface area contributed by atoms with Gasteiger partial charge in [0.05, 0.1) is 0 Å². The quantitative estimate of drug-likeness (QED) is 0.879. The predicted molar refractivity (Wildman–Crippen MR) is 73.2 cm³/mol. The molecule has 1 unspecified atom stereocenters. The molecule has 2 N–H and O–H groups in total. The van der Waals surface area contributed by atoms with Crippen LogP contribution < -0.4 is 20.1 Å². The Morgan fingerprint density at radius 3 is 3.00 bits per heavy atom. The maximum Gasteiger partial charge on any atom is 0.251 e. The molecule has 2 heterocycles. The molecule has 1 amide bonds. The first kappa shape index (κ1) is 14.0. The summed E-state index contributed by atoms with van der Waals surface area (Å²) < 4.78 is 10.5. The van der Waals surface area contributed by atoms with Gasteiger partial charge in [-0.15, -0.1) is 12.4 Å². The van der Waals surface area contributed by atoms with Crippen LogP contribution in [-0.4, -0.2) is 31.8 Å². The van der Waals surface area contributed by atoms with Gasteiger partial charge in [0.25, 0.3) is 5.91 Å². The van der Waals surface area contributed by atoms with E-state index in [2.05, 4.69) is 10.6 Å². The zero-order valence-corrected chi connectivity index (χ0v) is 11.3. The number of fused-ring (bicyclic) bond motifs is 1. The Balaban J connectivity index is 0.00000133. The topological polar surface area (TPSA) is 59.6 Å². The first-order chi connectivity index (χ1) is 8.83. The average molecular weight is 285 g/mol. The third kappa shape index (κ3) is 3.11. The van der Waals surface area contributed by atoms with Crippen molar-refractivity contribution in [3.63, 3.8) is 0 Å². The second-order valence-electron chi connectivity index (χ2n) is 4.57. The van der Waals surface area contributed by atoms with E-state index in [-0.39, 0.29) is 25.1 Å². The van der Waals surface area contributed by atoms with Crippen molar-refractivity contribution in [1.82, 2.24) is 10.6 Å². The fourth-order valence-corrected chi connectivity index (χ4v) is 2.29. The van der Waals surface area contributed by atoms with Gasteiger partial charge in [0.15, 0.2) is 11.5 Å². The fourth-order valence-electron chi connectivity index (χ4n) is 2.29. The Hall–Kier alpha value is -1.46. The van der Waals surface area contributed by atoms with Gasteiger partial charge in [-0.25, -0.2) is 0 Å². The van der Waals surface area contributed by atoms with E-state index in [0.717, 1.165) is 13.0 Å². The maximum absolute atomic E-state index is 12.0. The SMILES string of the molecule is Cl.O=C(NCC1CCCN1)c1ccc2c(c1)OCO2. The van der Waals surface area contributed by atoms with Crippen molar-refractivity contribution in [2.75, 3.05) is 19.9 Å². The lowest BCUT2D eigenvalue weighted by Crippen LogP contribution is -2.37. The van der Waals surface area contributed by atoms with Gasteiger partial charge < -0.3 is 20.1 Å². The maximum atomic E-state index is 12.0. The molecule has 3 rings (SSSR count). The summed E-state index contributed by atoms with van der Waals surface area (Å²) in [5, 5.41) is 6.28. The van der Waals surface area contributed by atoms with Gasteiger partial charge >= 0.3 is 0 Å². The minimum atomic E-state index is -0.0676. The van der Waals surface area contributed by atoms with Gasteiger partial charge in [-0.05, 0) is 37.6 Å². The Bertz CT molecular complexity index is 461. The summed E-state index contributed by atoms with van der Waals surface area (Å²) in [6.07, 6.45) is 2.31. The van der Waals surface area contributed by atoms with Gasteiger partial charge in [-0.2, -0.15) is 0 Å². The van der Waals surface area contributed by atoms with Crippen LogP contribution >= 0.6 is 12.4 Å². The summed E-state index contributed by atoms with van der Waals surface area (Å²) in [5.41, 5.74) is 0.609. The molecule has 0 saturated carbocycles. The second-order valence-corrected chi connectivity index (χ2v) is 4.57. The number of nitrogens with one attached hydrogen (secondary N) is 2. The minimum absolute atomic E-state index is 0. The van der Waals surface area contributed by atoms with E-state index in [1.807, 2.05) is 0 Å². The second kappa shape index (κ2) is 6.12. The molecular formula is C13H17ClN2O3. The highest BCUT2D eigenvalue weighted by Gasteiger charge is 2.18. The van der Waals surface area contributed by atoms with Crippen molar-refractivity contribution in [1.29, 1.82) is 0 Å². The average Bonchev–Trinajstić information content (AvgIpc) is 3.05. The van der Waals surface area contributed by atoms with Crippen LogP contribution in [0.25, 0.3) is 0 Å². The first-order valence-electron chi connectivity index (χ1n) is 6.24. The number of rotatable bonds is 3. The Labute approximate surface area is 118 Å². The van der Waals surface area contributed by atoms with Crippen molar-refractivity contribution < 1.29 is 14.3 Å². The van der Waals surface area contributed by atoms with Gasteiger partial charge in [-0.3, -0.25) is 4.79 Å². The zero-order chi connectivity index (χ0) is 12.4. The van der Waals surface area contributed by atoms with Crippen LogP contribution in [0.1, 0.15) is 23.2 Å². The van der Waals surface area contributed by atoms with Crippen LogP contribution in [0, 0.1) is 0 Å². The number of halogens is 1. The largest absolute Gasteiger partial charge is 0.454 e. The van der Waals surface area contributed by atoms with Crippen LogP contribution in [0.4, 0.5) is 0 Å². The monoisotopic (exact) mass is 284 g/mol. The van der Waals surface area contributed by atoms with Gasteiger partial charge in [0.2, 0.25) is 6.79 Å². The third-order valence-electron chi connectivity index (χ3n) is 3.31. The summed E-state index contributed by atoms with van der Waals surface area (Å²) in [6.45, 7) is 1.95. The van der Waals surface area contributed by atoms with Gasteiger partial charge in [-0.1, -0.05) is 0 Å². The molecule has 19 heavy (non-hydrogen) atoms. The van der Waals surface area contributed by atoms with Crippen molar-refractivity contribution in [2.45, 2.75) is 18.9 Å². The summed E-state index contributed by atoms with van der Waals surface area (Å²) in [5.74, 6) is 1.27. The van der Waals surface area contributed by atoms with E-state index in [0.29, 0.717) is 29.6 Å². The smallest absolute Gasteiger partial charge is 0.251 e. The van der Waals surface area contributed by atoms with E-state index in [9.17, 15) is 4.79 Å². The van der Waals surface area contributed by atoms with Crippen LogP contribution in [0.2, 0.25) is 0 Å². The van der Waals surface area contributed by atoms with Crippen LogP contribution in [0.15, 0.2) is 18.2 Å². The standard InChI is InChI=1S/C13H16N2O3.ClH/c16-13(15-7-10-2-1-5-14-10)9-3-4-11-12(6-9)18-8-17-11;/h3-4,6,10,14H,1-2,5,7-8H2,(H,15,16);1H. The number of ether oxygens (including phenoxy) is 2. The molecule has 1 atom stereocenters. The summed E-state index contributed by atoms with van der Waals surface area (Å²) in [6, 6.07) is 5.65. The molecule has 0 aromatic heterocycles. The van der Waals surface area contributed by atoms with Crippen molar-refractivity contribution in [3.05, 3.63) is 23.8 Å². The number of carbonyl (C=O) groups is 1. The Morgan fingerprint density at radius 1 is 1.37 bits per heavy atom. The van der Waals surface area contributed by atoms with E-state index in [4.69, 9.17) is 9.47 Å². The highest BCUT2D eigenvalue weighted by atomic mass is 35.5. The number of hydrogen-bond acceptors (Lipinski definition) is 4. The molecule has 5 nitrogen and oxygen atoms in total. The molecule has 0 radical (unpaired) electrons. The highest BCUT2D eigenvalue weighted by Crippen LogP contribution is 2.32. The van der Waals surface area contributed by atoms with E-state index >= 15 is 0 Å². The molecule has 1 saturated heterocycles. The molecule has 1 aromatic carbocycles. The van der Waals surface area contributed by atoms with E-state index in [1.54, 1.807) is 18.2 Å².